The number of benzene rings is 1. The van der Waals surface area contributed by atoms with Crippen LogP contribution in [0.15, 0.2) is 30.3 Å². The zero-order valence-corrected chi connectivity index (χ0v) is 14.4. The van der Waals surface area contributed by atoms with E-state index < -0.39 is 16.1 Å². The minimum absolute atomic E-state index is 0.142. The van der Waals surface area contributed by atoms with Crippen LogP contribution in [-0.4, -0.2) is 38.1 Å². The molecule has 0 saturated heterocycles. The molecule has 1 rings (SSSR count). The minimum Gasteiger partial charge on any atom is -0.347 e. The second-order valence-corrected chi connectivity index (χ2v) is 7.08. The molecule has 0 unspecified atom stereocenters. The third-order valence-electron chi connectivity index (χ3n) is 3.38. The number of carbonyl (C=O) groups is 2. The number of hydrogen-bond donors (Lipinski definition) is 2. The summed E-state index contributed by atoms with van der Waals surface area (Å²) in [5.74, 6) is -1.28. The Hall–Kier alpha value is -1.93. The smallest absolute Gasteiger partial charge is 0.303 e. The van der Waals surface area contributed by atoms with Crippen molar-refractivity contribution in [3.63, 3.8) is 0 Å². The highest BCUT2D eigenvalue weighted by atomic mass is 32.2. The van der Waals surface area contributed by atoms with E-state index in [1.54, 1.807) is 31.2 Å². The van der Waals surface area contributed by atoms with Crippen molar-refractivity contribution in [1.29, 1.82) is 0 Å². The molecule has 8 heteroatoms. The maximum absolute atomic E-state index is 12.1. The van der Waals surface area contributed by atoms with Crippen LogP contribution in [0.1, 0.15) is 25.8 Å². The Morgan fingerprint density at radius 3 is 2.39 bits per heavy atom. The van der Waals surface area contributed by atoms with Crippen molar-refractivity contribution in [3.05, 3.63) is 35.9 Å². The first-order valence-electron chi connectivity index (χ1n) is 7.34. The molecule has 0 aliphatic heterocycles. The highest BCUT2D eigenvalue weighted by Gasteiger charge is 2.21. The molecule has 0 heterocycles. The molecule has 23 heavy (non-hydrogen) atoms. The van der Waals surface area contributed by atoms with Gasteiger partial charge in [0.25, 0.3) is 5.91 Å². The van der Waals surface area contributed by atoms with Gasteiger partial charge in [-0.25, -0.2) is 4.72 Å². The molecule has 0 aliphatic rings. The van der Waals surface area contributed by atoms with E-state index in [0.717, 1.165) is 9.87 Å². The van der Waals surface area contributed by atoms with E-state index in [0.29, 0.717) is 6.42 Å². The standard InChI is InChI=1S/C15H23N3O4S/c1-4-12(2)15(20)16-10-14(19)17-23(21,22)18(3)11-13-8-6-5-7-9-13/h5-9,12H,4,10-11H2,1-3H3,(H,16,20)(H,17,19)/t12-/m1/s1. The van der Waals surface area contributed by atoms with Gasteiger partial charge in [0.15, 0.2) is 0 Å². The fraction of sp³-hybridized carbons (Fsp3) is 0.467. The van der Waals surface area contributed by atoms with E-state index in [4.69, 9.17) is 0 Å². The van der Waals surface area contributed by atoms with E-state index in [1.165, 1.54) is 7.05 Å². The monoisotopic (exact) mass is 341 g/mol. The van der Waals surface area contributed by atoms with Crippen LogP contribution in [0.25, 0.3) is 0 Å². The molecule has 2 amide bonds. The van der Waals surface area contributed by atoms with Crippen LogP contribution in [0.3, 0.4) is 0 Å². The van der Waals surface area contributed by atoms with Gasteiger partial charge in [0, 0.05) is 19.5 Å². The molecule has 1 aromatic carbocycles. The van der Waals surface area contributed by atoms with Crippen molar-refractivity contribution in [1.82, 2.24) is 14.3 Å². The first-order valence-corrected chi connectivity index (χ1v) is 8.78. The van der Waals surface area contributed by atoms with Gasteiger partial charge in [-0.3, -0.25) is 9.59 Å². The van der Waals surface area contributed by atoms with Crippen molar-refractivity contribution in [2.45, 2.75) is 26.8 Å². The summed E-state index contributed by atoms with van der Waals surface area (Å²) >= 11 is 0. The van der Waals surface area contributed by atoms with Gasteiger partial charge in [0.05, 0.1) is 6.54 Å². The molecule has 7 nitrogen and oxygen atoms in total. The molecule has 0 spiro atoms. The Bertz CT molecular complexity index is 631. The van der Waals surface area contributed by atoms with E-state index in [2.05, 4.69) is 5.32 Å². The van der Waals surface area contributed by atoms with Gasteiger partial charge in [0.2, 0.25) is 5.91 Å². The SMILES string of the molecule is CC[C@@H](C)C(=O)NCC(=O)NS(=O)(=O)N(C)Cc1ccccc1. The molecule has 1 atom stereocenters. The normalized spacial score (nSPS) is 12.7. The van der Waals surface area contributed by atoms with Gasteiger partial charge in [0.1, 0.15) is 0 Å². The van der Waals surface area contributed by atoms with E-state index in [-0.39, 0.29) is 24.9 Å². The Morgan fingerprint density at radius 1 is 1.22 bits per heavy atom. The summed E-state index contributed by atoms with van der Waals surface area (Å²) in [7, 11) is -2.57. The van der Waals surface area contributed by atoms with E-state index in [1.807, 2.05) is 17.7 Å². The fourth-order valence-corrected chi connectivity index (χ4v) is 2.55. The molecular formula is C15H23N3O4S. The van der Waals surface area contributed by atoms with Crippen LogP contribution in [0.2, 0.25) is 0 Å². The van der Waals surface area contributed by atoms with Crippen molar-refractivity contribution in [3.8, 4) is 0 Å². The summed E-state index contributed by atoms with van der Waals surface area (Å²) in [5.41, 5.74) is 0.804. The summed E-state index contributed by atoms with van der Waals surface area (Å²) in [6.07, 6.45) is 0.644. The predicted octanol–water partition coefficient (Wildman–Crippen LogP) is 0.642. The lowest BCUT2D eigenvalue weighted by atomic mass is 10.1. The second-order valence-electron chi connectivity index (χ2n) is 5.30. The number of hydrogen-bond acceptors (Lipinski definition) is 4. The second kappa shape index (κ2) is 8.64. The third-order valence-corrected chi connectivity index (χ3v) is 4.82. The van der Waals surface area contributed by atoms with Crippen molar-refractivity contribution in [2.24, 2.45) is 5.92 Å². The lowest BCUT2D eigenvalue weighted by Crippen LogP contribution is -2.45. The average Bonchev–Trinajstić information content (AvgIpc) is 2.52. The maximum Gasteiger partial charge on any atom is 0.303 e. The first kappa shape index (κ1) is 19.1. The summed E-state index contributed by atoms with van der Waals surface area (Å²) in [6.45, 7) is 3.36. The Morgan fingerprint density at radius 2 is 1.83 bits per heavy atom. The Balaban J connectivity index is 2.53. The number of rotatable bonds is 8. The van der Waals surface area contributed by atoms with Gasteiger partial charge in [-0.05, 0) is 12.0 Å². The molecule has 2 N–H and O–H groups in total. The molecule has 0 aliphatic carbocycles. The van der Waals surface area contributed by atoms with Crippen LogP contribution in [0.4, 0.5) is 0 Å². The predicted molar refractivity (Wildman–Crippen MR) is 87.4 cm³/mol. The van der Waals surface area contributed by atoms with Gasteiger partial charge in [-0.1, -0.05) is 44.2 Å². The highest BCUT2D eigenvalue weighted by molar-refractivity contribution is 7.87. The summed E-state index contributed by atoms with van der Waals surface area (Å²) < 4.78 is 27.1. The van der Waals surface area contributed by atoms with E-state index >= 15 is 0 Å². The summed E-state index contributed by atoms with van der Waals surface area (Å²) in [5, 5.41) is 2.41. The van der Waals surface area contributed by atoms with Crippen molar-refractivity contribution >= 4 is 22.0 Å². The van der Waals surface area contributed by atoms with Gasteiger partial charge in [-0.15, -0.1) is 0 Å². The largest absolute Gasteiger partial charge is 0.347 e. The minimum atomic E-state index is -3.95. The number of carbonyl (C=O) groups excluding carboxylic acids is 2. The topological polar surface area (TPSA) is 95.6 Å². The molecule has 0 saturated carbocycles. The molecule has 0 radical (unpaired) electrons. The number of nitrogens with one attached hydrogen (secondary N) is 2. The van der Waals surface area contributed by atoms with Crippen LogP contribution in [0, 0.1) is 5.92 Å². The maximum atomic E-state index is 12.1. The summed E-state index contributed by atoms with van der Waals surface area (Å²) in [6, 6.07) is 9.03. The number of amides is 2. The quantitative estimate of drug-likeness (QED) is 0.725. The van der Waals surface area contributed by atoms with Crippen LogP contribution >= 0.6 is 0 Å². The zero-order chi connectivity index (χ0) is 17.5. The first-order chi connectivity index (χ1) is 10.8. The van der Waals surface area contributed by atoms with E-state index in [9.17, 15) is 18.0 Å². The zero-order valence-electron chi connectivity index (χ0n) is 13.6. The Labute approximate surface area is 137 Å². The summed E-state index contributed by atoms with van der Waals surface area (Å²) in [4.78, 5) is 23.3. The molecular weight excluding hydrogens is 318 g/mol. The number of nitrogens with zero attached hydrogens (tertiary/aromatic N) is 1. The van der Waals surface area contributed by atoms with Crippen LogP contribution in [-0.2, 0) is 26.3 Å². The lowest BCUT2D eigenvalue weighted by Gasteiger charge is -2.18. The fourth-order valence-electron chi connectivity index (χ4n) is 1.71. The van der Waals surface area contributed by atoms with Crippen molar-refractivity contribution < 1.29 is 18.0 Å². The van der Waals surface area contributed by atoms with Crippen molar-refractivity contribution in [2.75, 3.05) is 13.6 Å². The average molecular weight is 341 g/mol. The molecule has 0 fully saturated rings. The lowest BCUT2D eigenvalue weighted by molar-refractivity contribution is -0.127. The highest BCUT2D eigenvalue weighted by Crippen LogP contribution is 2.05. The molecule has 0 aromatic heterocycles. The van der Waals surface area contributed by atoms with Gasteiger partial charge >= 0.3 is 10.2 Å². The molecule has 128 valence electrons. The molecule has 1 aromatic rings. The van der Waals surface area contributed by atoms with Gasteiger partial charge in [-0.2, -0.15) is 12.7 Å². The van der Waals surface area contributed by atoms with Crippen LogP contribution < -0.4 is 10.0 Å². The Kier molecular flexibility index (Phi) is 7.18. The molecule has 0 bridgehead atoms. The van der Waals surface area contributed by atoms with Gasteiger partial charge < -0.3 is 5.32 Å². The van der Waals surface area contributed by atoms with Crippen LogP contribution in [0.5, 0.6) is 0 Å². The third kappa shape index (κ3) is 6.37.